The summed E-state index contributed by atoms with van der Waals surface area (Å²) >= 11 is 1.28. The van der Waals surface area contributed by atoms with Crippen LogP contribution in [0.3, 0.4) is 0 Å². The van der Waals surface area contributed by atoms with Crippen molar-refractivity contribution in [3.8, 4) is 10.4 Å². The van der Waals surface area contributed by atoms with E-state index in [-0.39, 0.29) is 0 Å². The second-order valence-corrected chi connectivity index (χ2v) is 4.93. The Bertz CT molecular complexity index is 728. The first-order chi connectivity index (χ1) is 8.75. The number of benzene rings is 1. The lowest BCUT2D eigenvalue weighted by molar-refractivity contribution is 0.0702. The molecule has 0 unspecified atom stereocenters. The molecule has 0 fully saturated rings. The number of hydrogen-bond acceptors (Lipinski definition) is 3. The predicted molar refractivity (Wildman–Crippen MR) is 72.0 cm³/mol. The molecule has 2 aromatic heterocycles. The van der Waals surface area contributed by atoms with Gasteiger partial charge in [0.2, 0.25) is 0 Å². The summed E-state index contributed by atoms with van der Waals surface area (Å²) in [4.78, 5) is 16.5. The van der Waals surface area contributed by atoms with Crippen LogP contribution in [-0.4, -0.2) is 16.1 Å². The highest BCUT2D eigenvalue weighted by Crippen LogP contribution is 2.32. The summed E-state index contributed by atoms with van der Waals surface area (Å²) in [6, 6.07) is 13.2. The van der Waals surface area contributed by atoms with Crippen LogP contribution in [0.5, 0.6) is 0 Å². The number of aromatic nitrogens is 1. The van der Waals surface area contributed by atoms with Crippen LogP contribution < -0.4 is 0 Å². The zero-order valence-corrected chi connectivity index (χ0v) is 10.1. The molecule has 1 aromatic carbocycles. The van der Waals surface area contributed by atoms with Gasteiger partial charge < -0.3 is 5.11 Å². The van der Waals surface area contributed by atoms with Crippen molar-refractivity contribution in [3.63, 3.8) is 0 Å². The summed E-state index contributed by atoms with van der Waals surface area (Å²) in [6.07, 6.45) is 1.75. The average molecular weight is 255 g/mol. The van der Waals surface area contributed by atoms with E-state index in [1.165, 1.54) is 11.3 Å². The van der Waals surface area contributed by atoms with Gasteiger partial charge in [-0.05, 0) is 24.3 Å². The molecule has 0 aliphatic heterocycles. The number of hydrogen-bond donors (Lipinski definition) is 1. The molecule has 3 rings (SSSR count). The van der Waals surface area contributed by atoms with E-state index in [1.807, 2.05) is 36.4 Å². The topological polar surface area (TPSA) is 50.2 Å². The Hall–Kier alpha value is -2.20. The van der Waals surface area contributed by atoms with Crippen LogP contribution >= 0.6 is 11.3 Å². The summed E-state index contributed by atoms with van der Waals surface area (Å²) in [6.45, 7) is 0. The second-order valence-electron chi connectivity index (χ2n) is 3.84. The molecule has 0 bridgehead atoms. The van der Waals surface area contributed by atoms with Gasteiger partial charge in [0.05, 0.1) is 5.52 Å². The summed E-state index contributed by atoms with van der Waals surface area (Å²) in [5.74, 6) is -0.885. The molecule has 0 saturated carbocycles. The largest absolute Gasteiger partial charge is 0.477 e. The fraction of sp³-hybridized carbons (Fsp3) is 0. The molecule has 0 atom stereocenters. The van der Waals surface area contributed by atoms with E-state index >= 15 is 0 Å². The maximum Gasteiger partial charge on any atom is 0.345 e. The number of thiophene rings is 1. The van der Waals surface area contributed by atoms with Gasteiger partial charge in [0.25, 0.3) is 0 Å². The van der Waals surface area contributed by atoms with E-state index in [9.17, 15) is 4.79 Å². The Morgan fingerprint density at radius 3 is 2.72 bits per heavy atom. The molecule has 0 radical (unpaired) electrons. The number of carboxylic acid groups (broad SMARTS) is 1. The molecule has 88 valence electrons. The van der Waals surface area contributed by atoms with E-state index in [0.717, 1.165) is 21.3 Å². The molecule has 0 aliphatic carbocycles. The number of aromatic carboxylic acids is 1. The van der Waals surface area contributed by atoms with Crippen molar-refractivity contribution < 1.29 is 9.90 Å². The molecular formula is C14H9NO2S. The van der Waals surface area contributed by atoms with Crippen molar-refractivity contribution in [1.82, 2.24) is 4.98 Å². The van der Waals surface area contributed by atoms with E-state index in [1.54, 1.807) is 12.3 Å². The first-order valence-corrected chi connectivity index (χ1v) is 6.24. The van der Waals surface area contributed by atoms with Gasteiger partial charge in [-0.2, -0.15) is 0 Å². The van der Waals surface area contributed by atoms with Gasteiger partial charge in [0.1, 0.15) is 4.88 Å². The second kappa shape index (κ2) is 4.23. The monoisotopic (exact) mass is 255 g/mol. The normalized spacial score (nSPS) is 10.7. The van der Waals surface area contributed by atoms with Gasteiger partial charge in [0, 0.05) is 22.0 Å². The quantitative estimate of drug-likeness (QED) is 0.760. The van der Waals surface area contributed by atoms with E-state index in [0.29, 0.717) is 4.88 Å². The molecule has 2 heterocycles. The van der Waals surface area contributed by atoms with Gasteiger partial charge in [-0.3, -0.25) is 4.98 Å². The van der Waals surface area contributed by atoms with E-state index < -0.39 is 5.97 Å². The molecule has 0 spiro atoms. The van der Waals surface area contributed by atoms with Crippen LogP contribution in [0.2, 0.25) is 0 Å². The van der Waals surface area contributed by atoms with Crippen LogP contribution in [0.15, 0.2) is 48.7 Å². The predicted octanol–water partition coefficient (Wildman–Crippen LogP) is 3.66. The summed E-state index contributed by atoms with van der Waals surface area (Å²) < 4.78 is 0. The first-order valence-electron chi connectivity index (χ1n) is 5.43. The summed E-state index contributed by atoms with van der Waals surface area (Å²) in [7, 11) is 0. The van der Waals surface area contributed by atoms with Gasteiger partial charge >= 0.3 is 5.97 Å². The van der Waals surface area contributed by atoms with E-state index in [4.69, 9.17) is 5.11 Å². The lowest BCUT2D eigenvalue weighted by Crippen LogP contribution is -1.89. The van der Waals surface area contributed by atoms with Crippen LogP contribution in [0.1, 0.15) is 9.67 Å². The highest BCUT2D eigenvalue weighted by atomic mass is 32.1. The number of carbonyl (C=O) groups is 1. The van der Waals surface area contributed by atoms with Gasteiger partial charge in [-0.15, -0.1) is 11.3 Å². The van der Waals surface area contributed by atoms with Crippen LogP contribution in [-0.2, 0) is 0 Å². The molecule has 4 heteroatoms. The summed E-state index contributed by atoms with van der Waals surface area (Å²) in [5, 5.41) is 10.00. The van der Waals surface area contributed by atoms with Crippen LogP contribution in [0, 0.1) is 0 Å². The molecule has 0 amide bonds. The summed E-state index contributed by atoms with van der Waals surface area (Å²) in [5.41, 5.74) is 1.94. The fourth-order valence-electron chi connectivity index (χ4n) is 1.91. The first kappa shape index (κ1) is 10.9. The maximum atomic E-state index is 10.9. The minimum atomic E-state index is -0.885. The van der Waals surface area contributed by atoms with Crippen molar-refractivity contribution >= 4 is 28.2 Å². The number of pyridine rings is 1. The smallest absolute Gasteiger partial charge is 0.345 e. The minimum absolute atomic E-state index is 0.353. The lowest BCUT2D eigenvalue weighted by atomic mass is 10.1. The van der Waals surface area contributed by atoms with Crippen LogP contribution in [0.25, 0.3) is 21.3 Å². The molecular weight excluding hydrogens is 246 g/mol. The third kappa shape index (κ3) is 1.76. The Kier molecular flexibility index (Phi) is 2.57. The number of fused-ring (bicyclic) bond motifs is 1. The SMILES string of the molecule is O=C(O)c1ccc(-c2ccnc3ccccc23)s1. The fourth-order valence-corrected chi connectivity index (χ4v) is 2.79. The Morgan fingerprint density at radius 1 is 1.11 bits per heavy atom. The third-order valence-electron chi connectivity index (χ3n) is 2.73. The molecule has 18 heavy (non-hydrogen) atoms. The van der Waals surface area contributed by atoms with Crippen molar-refractivity contribution in [2.24, 2.45) is 0 Å². The lowest BCUT2D eigenvalue weighted by Gasteiger charge is -2.02. The van der Waals surface area contributed by atoms with Gasteiger partial charge in [-0.1, -0.05) is 18.2 Å². The number of rotatable bonds is 2. The minimum Gasteiger partial charge on any atom is -0.477 e. The standard InChI is InChI=1S/C14H9NO2S/c16-14(17)13-6-5-12(18-13)10-7-8-15-11-4-2-1-3-9(10)11/h1-8H,(H,16,17). The number of carboxylic acids is 1. The third-order valence-corrected chi connectivity index (χ3v) is 3.84. The Balaban J connectivity index is 2.21. The van der Waals surface area contributed by atoms with Gasteiger partial charge in [0.15, 0.2) is 0 Å². The highest BCUT2D eigenvalue weighted by molar-refractivity contribution is 7.17. The Labute approximate surface area is 107 Å². The highest BCUT2D eigenvalue weighted by Gasteiger charge is 2.10. The van der Waals surface area contributed by atoms with E-state index in [2.05, 4.69) is 4.98 Å². The van der Waals surface area contributed by atoms with Crippen molar-refractivity contribution in [2.45, 2.75) is 0 Å². The van der Waals surface area contributed by atoms with Crippen molar-refractivity contribution in [2.75, 3.05) is 0 Å². The Morgan fingerprint density at radius 2 is 1.94 bits per heavy atom. The van der Waals surface area contributed by atoms with Crippen molar-refractivity contribution in [1.29, 1.82) is 0 Å². The molecule has 0 saturated heterocycles. The molecule has 0 aliphatic rings. The van der Waals surface area contributed by atoms with Crippen molar-refractivity contribution in [3.05, 3.63) is 53.5 Å². The average Bonchev–Trinajstić information content (AvgIpc) is 2.87. The molecule has 3 nitrogen and oxygen atoms in total. The van der Waals surface area contributed by atoms with Gasteiger partial charge in [-0.25, -0.2) is 4.79 Å². The number of para-hydroxylation sites is 1. The molecule has 3 aromatic rings. The van der Waals surface area contributed by atoms with Crippen LogP contribution in [0.4, 0.5) is 0 Å². The zero-order chi connectivity index (χ0) is 12.5. The maximum absolute atomic E-state index is 10.9. The number of nitrogens with zero attached hydrogens (tertiary/aromatic N) is 1. The zero-order valence-electron chi connectivity index (χ0n) is 9.33. The molecule has 1 N–H and O–H groups in total.